The number of carbonyl (C=O) groups is 1. The molecule has 2 aromatic heterocycles. The number of carbonyl (C=O) groups excluding carboxylic acids is 1. The highest BCUT2D eigenvalue weighted by Crippen LogP contribution is 2.31. The van der Waals surface area contributed by atoms with Gasteiger partial charge in [0.05, 0.1) is 31.5 Å². The second-order valence-corrected chi connectivity index (χ2v) is 8.10. The number of benzene rings is 2. The molecule has 0 saturated carbocycles. The van der Waals surface area contributed by atoms with Gasteiger partial charge in [0, 0.05) is 12.1 Å². The minimum Gasteiger partial charge on any atom is -0.493 e. The lowest BCUT2D eigenvalue weighted by molar-refractivity contribution is 0.0955. The molecule has 2 aromatic carbocycles. The molecule has 0 radical (unpaired) electrons. The van der Waals surface area contributed by atoms with Crippen LogP contribution in [-0.2, 0) is 0 Å². The molecule has 0 spiro atoms. The van der Waals surface area contributed by atoms with Crippen molar-refractivity contribution in [2.45, 2.75) is 32.6 Å². The number of nitrogens with two attached hydrogens (primary N) is 1. The summed E-state index contributed by atoms with van der Waals surface area (Å²) in [7, 11) is 3.14. The number of methoxy groups -OCH3 is 2. The van der Waals surface area contributed by atoms with E-state index in [2.05, 4.69) is 17.3 Å². The summed E-state index contributed by atoms with van der Waals surface area (Å²) in [6, 6.07) is 13.0. The van der Waals surface area contributed by atoms with E-state index in [-0.39, 0.29) is 17.3 Å². The maximum Gasteiger partial charge on any atom is 0.257 e. The standard InChI is InChI=1S/C26H30N6O3/c1-4-5-6-9-15-28-26(33)21-22-25(31-19-13-8-7-12-18(19)30-22)32(24(21)27)29-16-17-11-10-14-20(34-2)23(17)35-3/h7-8,10-14,16H,4-6,9,15,27H2,1-3H3,(H,28,33). The fraction of sp³-hybridized carbons (Fsp3) is 0.308. The number of amides is 1. The van der Waals surface area contributed by atoms with Crippen LogP contribution in [0.5, 0.6) is 11.5 Å². The van der Waals surface area contributed by atoms with Gasteiger partial charge in [0.1, 0.15) is 16.9 Å². The number of nitrogen functional groups attached to an aromatic ring is 1. The van der Waals surface area contributed by atoms with Gasteiger partial charge in [0.25, 0.3) is 5.91 Å². The van der Waals surface area contributed by atoms with E-state index < -0.39 is 0 Å². The number of anilines is 1. The topological polar surface area (TPSA) is 117 Å². The number of hydrogen-bond donors (Lipinski definition) is 2. The molecule has 4 aromatic rings. The maximum atomic E-state index is 13.2. The summed E-state index contributed by atoms with van der Waals surface area (Å²) in [6.45, 7) is 2.72. The predicted octanol–water partition coefficient (Wildman–Crippen LogP) is 4.38. The number of unbranched alkanes of at least 4 members (excludes halogenated alkanes) is 3. The maximum absolute atomic E-state index is 13.2. The molecule has 3 N–H and O–H groups in total. The molecule has 0 aliphatic carbocycles. The molecule has 9 nitrogen and oxygen atoms in total. The predicted molar refractivity (Wildman–Crippen MR) is 138 cm³/mol. The van der Waals surface area contributed by atoms with Gasteiger partial charge in [-0.2, -0.15) is 9.78 Å². The molecule has 0 unspecified atom stereocenters. The number of nitrogens with zero attached hydrogens (tertiary/aromatic N) is 4. The summed E-state index contributed by atoms with van der Waals surface area (Å²) in [5.74, 6) is 0.993. The highest BCUT2D eigenvalue weighted by atomic mass is 16.5. The van der Waals surface area contributed by atoms with E-state index in [9.17, 15) is 4.79 Å². The lowest BCUT2D eigenvalue weighted by atomic mass is 10.2. The SMILES string of the molecule is CCCCCCNC(=O)c1c(N)n(N=Cc2cccc(OC)c2OC)c2nc3ccccc3nc12. The lowest BCUT2D eigenvalue weighted by Crippen LogP contribution is -2.25. The van der Waals surface area contributed by atoms with Crippen LogP contribution in [0.4, 0.5) is 5.82 Å². The largest absolute Gasteiger partial charge is 0.493 e. The van der Waals surface area contributed by atoms with Crippen molar-refractivity contribution in [2.24, 2.45) is 5.10 Å². The van der Waals surface area contributed by atoms with Crippen LogP contribution in [-0.4, -0.2) is 47.5 Å². The first kappa shape index (κ1) is 24.0. The molecular formula is C26H30N6O3. The number of para-hydroxylation sites is 3. The summed E-state index contributed by atoms with van der Waals surface area (Å²) in [5.41, 5.74) is 9.58. The highest BCUT2D eigenvalue weighted by molar-refractivity contribution is 6.10. The van der Waals surface area contributed by atoms with Gasteiger partial charge in [0.15, 0.2) is 17.1 Å². The van der Waals surface area contributed by atoms with Gasteiger partial charge in [-0.15, -0.1) is 0 Å². The molecule has 0 aliphatic rings. The normalized spacial score (nSPS) is 11.4. The van der Waals surface area contributed by atoms with Crippen LogP contribution < -0.4 is 20.5 Å². The second-order valence-electron chi connectivity index (χ2n) is 8.10. The third-order valence-electron chi connectivity index (χ3n) is 5.76. The molecule has 182 valence electrons. The monoisotopic (exact) mass is 474 g/mol. The van der Waals surface area contributed by atoms with E-state index in [1.807, 2.05) is 36.4 Å². The quantitative estimate of drug-likeness (QED) is 0.260. The number of fused-ring (bicyclic) bond motifs is 2. The smallest absolute Gasteiger partial charge is 0.257 e. The number of hydrogen-bond acceptors (Lipinski definition) is 7. The first-order chi connectivity index (χ1) is 17.1. The minimum atomic E-state index is -0.290. The highest BCUT2D eigenvalue weighted by Gasteiger charge is 2.24. The first-order valence-electron chi connectivity index (χ1n) is 11.7. The molecule has 2 heterocycles. The number of aromatic nitrogens is 3. The van der Waals surface area contributed by atoms with Crippen LogP contribution in [0.25, 0.3) is 22.2 Å². The Morgan fingerprint density at radius 3 is 2.54 bits per heavy atom. The Bertz CT molecular complexity index is 1380. The molecule has 0 aliphatic heterocycles. The molecule has 0 fully saturated rings. The van der Waals surface area contributed by atoms with Gasteiger partial charge in [-0.3, -0.25) is 4.79 Å². The van der Waals surface area contributed by atoms with Gasteiger partial charge >= 0.3 is 0 Å². The average molecular weight is 475 g/mol. The molecule has 0 atom stereocenters. The molecule has 0 saturated heterocycles. The Hall–Kier alpha value is -4.14. The third-order valence-corrected chi connectivity index (χ3v) is 5.76. The molecule has 0 bridgehead atoms. The summed E-state index contributed by atoms with van der Waals surface area (Å²) < 4.78 is 12.3. The van der Waals surface area contributed by atoms with Crippen molar-refractivity contribution < 1.29 is 14.3 Å². The van der Waals surface area contributed by atoms with E-state index in [0.29, 0.717) is 45.8 Å². The first-order valence-corrected chi connectivity index (χ1v) is 11.7. The minimum absolute atomic E-state index is 0.166. The Balaban J connectivity index is 1.79. The van der Waals surface area contributed by atoms with Gasteiger partial charge in [-0.1, -0.05) is 44.4 Å². The van der Waals surface area contributed by atoms with Crippen molar-refractivity contribution in [2.75, 3.05) is 26.5 Å². The second kappa shape index (κ2) is 10.9. The average Bonchev–Trinajstić information content (AvgIpc) is 3.15. The van der Waals surface area contributed by atoms with Crippen molar-refractivity contribution in [3.8, 4) is 11.5 Å². The van der Waals surface area contributed by atoms with Crippen LogP contribution in [0.2, 0.25) is 0 Å². The Morgan fingerprint density at radius 2 is 1.83 bits per heavy atom. The van der Waals surface area contributed by atoms with E-state index in [0.717, 1.165) is 25.7 Å². The van der Waals surface area contributed by atoms with Gasteiger partial charge in [-0.05, 0) is 30.7 Å². The zero-order valence-electron chi connectivity index (χ0n) is 20.2. The molecule has 9 heteroatoms. The number of rotatable bonds is 10. The van der Waals surface area contributed by atoms with Crippen molar-refractivity contribution >= 4 is 40.1 Å². The third kappa shape index (κ3) is 4.89. The van der Waals surface area contributed by atoms with E-state index in [1.165, 1.54) is 4.68 Å². The van der Waals surface area contributed by atoms with Gasteiger partial charge in [0.2, 0.25) is 0 Å². The Morgan fingerprint density at radius 1 is 1.06 bits per heavy atom. The van der Waals surface area contributed by atoms with Crippen LogP contribution in [0.1, 0.15) is 48.5 Å². The van der Waals surface area contributed by atoms with Gasteiger partial charge in [-0.25, -0.2) is 9.97 Å². The molecule has 35 heavy (non-hydrogen) atoms. The fourth-order valence-corrected chi connectivity index (χ4v) is 3.96. The van der Waals surface area contributed by atoms with E-state index in [1.54, 1.807) is 26.5 Å². The molecule has 4 rings (SSSR count). The number of ether oxygens (including phenoxy) is 2. The molecular weight excluding hydrogens is 444 g/mol. The molecule has 1 amide bonds. The summed E-state index contributed by atoms with van der Waals surface area (Å²) in [6.07, 6.45) is 5.83. The van der Waals surface area contributed by atoms with Crippen molar-refractivity contribution in [3.63, 3.8) is 0 Å². The Labute approximate surface area is 204 Å². The lowest BCUT2D eigenvalue weighted by Gasteiger charge is -2.09. The van der Waals surface area contributed by atoms with Crippen LogP contribution in [0, 0.1) is 0 Å². The van der Waals surface area contributed by atoms with E-state index >= 15 is 0 Å². The van der Waals surface area contributed by atoms with Gasteiger partial charge < -0.3 is 20.5 Å². The number of nitrogens with one attached hydrogen (secondary N) is 1. The zero-order valence-corrected chi connectivity index (χ0v) is 20.2. The van der Waals surface area contributed by atoms with Crippen LogP contribution >= 0.6 is 0 Å². The van der Waals surface area contributed by atoms with E-state index in [4.69, 9.17) is 25.2 Å². The fourth-order valence-electron chi connectivity index (χ4n) is 3.96. The van der Waals surface area contributed by atoms with Crippen molar-refractivity contribution in [1.82, 2.24) is 20.0 Å². The van der Waals surface area contributed by atoms with Crippen molar-refractivity contribution in [1.29, 1.82) is 0 Å². The van der Waals surface area contributed by atoms with Crippen LogP contribution in [0.3, 0.4) is 0 Å². The van der Waals surface area contributed by atoms with Crippen molar-refractivity contribution in [3.05, 3.63) is 53.6 Å². The van der Waals surface area contributed by atoms with Crippen LogP contribution in [0.15, 0.2) is 47.6 Å². The summed E-state index contributed by atoms with van der Waals surface area (Å²) in [4.78, 5) is 22.6. The zero-order chi connectivity index (χ0) is 24.8. The summed E-state index contributed by atoms with van der Waals surface area (Å²) in [5, 5.41) is 7.54. The Kier molecular flexibility index (Phi) is 7.45. The summed E-state index contributed by atoms with van der Waals surface area (Å²) >= 11 is 0.